The number of nitriles is 2. The molecule has 2 heterocycles. The number of nitrogens with zero attached hydrogens (tertiary/aromatic N) is 4. The van der Waals surface area contributed by atoms with Crippen LogP contribution in [0.15, 0.2) is 84.8 Å². The summed E-state index contributed by atoms with van der Waals surface area (Å²) in [7, 11) is 0. The van der Waals surface area contributed by atoms with Gasteiger partial charge in [0.1, 0.15) is 12.1 Å². The van der Waals surface area contributed by atoms with Gasteiger partial charge in [-0.2, -0.15) is 23.7 Å². The van der Waals surface area contributed by atoms with Crippen molar-refractivity contribution in [2.24, 2.45) is 0 Å². The molecule has 4 N–H and O–H groups in total. The Balaban J connectivity index is 1.48. The van der Waals surface area contributed by atoms with Gasteiger partial charge in [-0.15, -0.1) is 5.53 Å². The minimum atomic E-state index is -4.50. The molecule has 1 aliphatic heterocycles. The third-order valence-electron chi connectivity index (χ3n) is 8.10. The number of hydrogen-bond donors (Lipinski definition) is 4. The lowest BCUT2D eigenvalue weighted by Crippen LogP contribution is -2.52. The molecule has 1 aromatic heterocycles. The highest BCUT2D eigenvalue weighted by Crippen LogP contribution is 2.54. The molecule has 0 radical (unpaired) electrons. The van der Waals surface area contributed by atoms with Crippen molar-refractivity contribution in [2.75, 3.05) is 10.6 Å². The Morgan fingerprint density at radius 2 is 1.78 bits per heavy atom. The molecule has 4 aromatic rings. The van der Waals surface area contributed by atoms with E-state index in [9.17, 15) is 25.1 Å². The molecule has 1 fully saturated rings. The van der Waals surface area contributed by atoms with Crippen LogP contribution in [0.4, 0.5) is 24.5 Å². The van der Waals surface area contributed by atoms with Crippen LogP contribution in [-0.4, -0.2) is 21.7 Å². The monoisotopic (exact) mass is 629 g/mol. The number of rotatable bonds is 9. The molecular formula is C33H28ClF3N8. The van der Waals surface area contributed by atoms with Gasteiger partial charge in [0.15, 0.2) is 5.54 Å². The number of benzene rings is 3. The first-order chi connectivity index (χ1) is 22.0. The Morgan fingerprint density at radius 1 is 1.07 bits per heavy atom. The van der Waals surface area contributed by atoms with Gasteiger partial charge < -0.3 is 16.1 Å². The van der Waals surface area contributed by atoms with Crippen LogP contribution in [0.2, 0.25) is 5.02 Å². The average molecular weight is 630 g/mol. The molecule has 2 atom stereocenters. The summed E-state index contributed by atoms with van der Waals surface area (Å²) in [4.78, 5) is 4.42. The van der Waals surface area contributed by atoms with Crippen molar-refractivity contribution in [1.29, 1.82) is 10.5 Å². The van der Waals surface area contributed by atoms with Crippen molar-refractivity contribution in [3.8, 4) is 12.1 Å². The number of anilines is 2. The van der Waals surface area contributed by atoms with Crippen LogP contribution >= 0.6 is 11.6 Å². The van der Waals surface area contributed by atoms with E-state index in [1.165, 1.54) is 18.5 Å². The minimum absolute atomic E-state index is 0.0482. The van der Waals surface area contributed by atoms with E-state index in [2.05, 4.69) is 38.7 Å². The highest BCUT2D eigenvalue weighted by Gasteiger charge is 2.67. The lowest BCUT2D eigenvalue weighted by molar-refractivity contribution is -0.195. The zero-order chi connectivity index (χ0) is 32.7. The van der Waals surface area contributed by atoms with Gasteiger partial charge in [0.25, 0.3) is 0 Å². The summed E-state index contributed by atoms with van der Waals surface area (Å²) in [5, 5.41) is 28.4. The molecule has 12 heteroatoms. The Labute approximate surface area is 264 Å². The van der Waals surface area contributed by atoms with E-state index in [1.54, 1.807) is 30.3 Å². The normalized spacial score (nSPS) is 17.6. The predicted molar refractivity (Wildman–Crippen MR) is 166 cm³/mol. The van der Waals surface area contributed by atoms with E-state index in [4.69, 9.17) is 11.6 Å². The molecule has 8 nitrogen and oxygen atoms in total. The van der Waals surface area contributed by atoms with E-state index in [0.29, 0.717) is 23.0 Å². The Kier molecular flexibility index (Phi) is 7.58. The fourth-order valence-electron chi connectivity index (χ4n) is 5.52. The molecule has 0 amide bonds. The first-order valence-electron chi connectivity index (χ1n) is 14.8. The number of halogens is 4. The Hall–Kier alpha value is -4.97. The van der Waals surface area contributed by atoms with Crippen LogP contribution in [0, 0.1) is 22.7 Å². The van der Waals surface area contributed by atoms with Gasteiger partial charge in [0.2, 0.25) is 0 Å². The quantitative estimate of drug-likeness (QED) is 0.150. The standard InChI is InChI=1S/C33H28ClF3N8/c1-2-27(20-8-4-3-5-9-20)42-30-22(17-39)18-40-29-21(16-38)14-23(15-25(29)30)41-31(24-10-6-7-11-26(24)34)28-19-45(44-43-28)32(12-13-32)33(35,36)37/h3-11,14-15,18-19,27,31,41,43-44H,2,12-13H2,1H3,(H,40,42)/t27-,31-/m1/s1/i31D. The molecule has 2 aliphatic rings. The lowest BCUT2D eigenvalue weighted by atomic mass is 10.00. The predicted octanol–water partition coefficient (Wildman–Crippen LogP) is 7.61. The minimum Gasteiger partial charge on any atom is -0.377 e. The van der Waals surface area contributed by atoms with Gasteiger partial charge in [0.05, 0.1) is 41.5 Å². The zero-order valence-corrected chi connectivity index (χ0v) is 24.8. The van der Waals surface area contributed by atoms with Crippen LogP contribution in [0.3, 0.4) is 0 Å². The third-order valence-corrected chi connectivity index (χ3v) is 8.43. The maximum absolute atomic E-state index is 14.0. The molecule has 0 bridgehead atoms. The molecule has 228 valence electrons. The summed E-state index contributed by atoms with van der Waals surface area (Å²) < 4.78 is 51.6. The molecule has 0 spiro atoms. The second-order valence-electron chi connectivity index (χ2n) is 10.9. The fourth-order valence-corrected chi connectivity index (χ4v) is 5.75. The smallest absolute Gasteiger partial charge is 0.377 e. The highest BCUT2D eigenvalue weighted by atomic mass is 35.5. The van der Waals surface area contributed by atoms with Crippen LogP contribution in [0.1, 0.15) is 61.9 Å². The molecule has 0 unspecified atom stereocenters. The molecule has 1 aliphatic carbocycles. The Morgan fingerprint density at radius 3 is 2.42 bits per heavy atom. The van der Waals surface area contributed by atoms with Crippen molar-refractivity contribution in [3.63, 3.8) is 0 Å². The van der Waals surface area contributed by atoms with Gasteiger partial charge in [-0.3, -0.25) is 9.99 Å². The average Bonchev–Trinajstić information content (AvgIpc) is 3.73. The zero-order valence-electron chi connectivity index (χ0n) is 25.0. The van der Waals surface area contributed by atoms with E-state index in [-0.39, 0.29) is 52.0 Å². The molecular weight excluding hydrogens is 601 g/mol. The van der Waals surface area contributed by atoms with Gasteiger partial charge >= 0.3 is 6.18 Å². The van der Waals surface area contributed by atoms with Gasteiger partial charge in [-0.25, -0.2) is 0 Å². The van der Waals surface area contributed by atoms with Crippen molar-refractivity contribution < 1.29 is 14.5 Å². The number of hydrazine groups is 2. The molecule has 45 heavy (non-hydrogen) atoms. The van der Waals surface area contributed by atoms with Crippen LogP contribution < -0.4 is 21.6 Å². The SMILES string of the molecule is [2H][C@](Nc1cc(C#N)c2ncc(C#N)c(N[C@H](CC)c3ccccc3)c2c1)(C1=CN(C2(C(F)(F)F)CC2)NN1)c1ccccc1Cl. The highest BCUT2D eigenvalue weighted by molar-refractivity contribution is 6.31. The summed E-state index contributed by atoms with van der Waals surface area (Å²) in [5.74, 6) is 0. The summed E-state index contributed by atoms with van der Waals surface area (Å²) in [6.07, 6.45) is -1.36. The van der Waals surface area contributed by atoms with Crippen molar-refractivity contribution in [1.82, 2.24) is 21.0 Å². The van der Waals surface area contributed by atoms with Gasteiger partial charge in [-0.05, 0) is 48.6 Å². The third kappa shape index (κ3) is 5.57. The molecule has 0 saturated heterocycles. The Bertz CT molecular complexity index is 1920. The first kappa shape index (κ1) is 28.8. The summed E-state index contributed by atoms with van der Waals surface area (Å²) in [6, 6.07) is 21.7. The maximum Gasteiger partial charge on any atom is 0.413 e. The number of pyridine rings is 1. The van der Waals surface area contributed by atoms with Crippen LogP contribution in [-0.2, 0) is 0 Å². The summed E-state index contributed by atoms with van der Waals surface area (Å²) in [5.41, 5.74) is 6.06. The molecule has 3 aromatic carbocycles. The number of fused-ring (bicyclic) bond motifs is 1. The van der Waals surface area contributed by atoms with Gasteiger partial charge in [0, 0.05) is 28.5 Å². The lowest BCUT2D eigenvalue weighted by Gasteiger charge is -2.28. The van der Waals surface area contributed by atoms with Crippen molar-refractivity contribution >= 4 is 33.9 Å². The number of aromatic nitrogens is 1. The number of hydrogen-bond acceptors (Lipinski definition) is 8. The van der Waals surface area contributed by atoms with E-state index < -0.39 is 17.7 Å². The molecule has 6 rings (SSSR count). The number of nitrogens with one attached hydrogen (secondary N) is 4. The van der Waals surface area contributed by atoms with E-state index >= 15 is 0 Å². The fraction of sp³-hybridized carbons (Fsp3) is 0.242. The van der Waals surface area contributed by atoms with Gasteiger partial charge in [-0.1, -0.05) is 67.1 Å². The topological polar surface area (TPSA) is 112 Å². The van der Waals surface area contributed by atoms with Crippen LogP contribution in [0.25, 0.3) is 10.9 Å². The first-order valence-corrected chi connectivity index (χ1v) is 14.6. The second kappa shape index (κ2) is 11.8. The maximum atomic E-state index is 14.0. The van der Waals surface area contributed by atoms with Crippen LogP contribution in [0.5, 0.6) is 0 Å². The van der Waals surface area contributed by atoms with E-state index in [1.807, 2.05) is 37.3 Å². The van der Waals surface area contributed by atoms with E-state index in [0.717, 1.165) is 10.6 Å². The van der Waals surface area contributed by atoms with Crippen molar-refractivity contribution in [3.05, 3.63) is 112 Å². The number of alkyl halides is 3. The summed E-state index contributed by atoms with van der Waals surface area (Å²) >= 11 is 6.58. The second-order valence-corrected chi connectivity index (χ2v) is 11.3. The summed E-state index contributed by atoms with van der Waals surface area (Å²) in [6.45, 7) is 2.01. The van der Waals surface area contributed by atoms with Crippen molar-refractivity contribution in [2.45, 2.75) is 50.0 Å². The largest absolute Gasteiger partial charge is 0.413 e. The molecule has 1 saturated carbocycles.